The smallest absolute Gasteiger partial charge is 0.341 e. The van der Waals surface area contributed by atoms with Gasteiger partial charge in [0.05, 0.1) is 12.8 Å². The summed E-state index contributed by atoms with van der Waals surface area (Å²) in [4.78, 5) is 11.3. The number of benzene rings is 2. The number of aryl methyl sites for hydroxylation is 1. The van der Waals surface area contributed by atoms with E-state index in [1.165, 1.54) is 6.07 Å². The lowest BCUT2D eigenvalue weighted by molar-refractivity contribution is 0.0597. The summed E-state index contributed by atoms with van der Waals surface area (Å²) >= 11 is 9.09. The van der Waals surface area contributed by atoms with Gasteiger partial charge in [0.2, 0.25) is 0 Å². The van der Waals surface area contributed by atoms with Gasteiger partial charge in [-0.15, -0.1) is 0 Å². The fourth-order valence-corrected chi connectivity index (χ4v) is 4.34. The van der Waals surface area contributed by atoms with E-state index in [-0.39, 0.29) is 21.2 Å². The highest BCUT2D eigenvalue weighted by atomic mass is 79.9. The van der Waals surface area contributed by atoms with Crippen molar-refractivity contribution >= 4 is 49.2 Å². The maximum Gasteiger partial charge on any atom is 0.341 e. The second-order valence-corrected chi connectivity index (χ2v) is 8.21. The quantitative estimate of drug-likeness (QED) is 0.460. The van der Waals surface area contributed by atoms with E-state index in [1.807, 2.05) is 0 Å². The van der Waals surface area contributed by atoms with Gasteiger partial charge in [-0.25, -0.2) is 13.2 Å². The van der Waals surface area contributed by atoms with Crippen LogP contribution in [0.4, 0.5) is 5.69 Å². The topological polar surface area (TPSA) is 113 Å². The van der Waals surface area contributed by atoms with Gasteiger partial charge >= 0.3 is 5.97 Å². The van der Waals surface area contributed by atoms with E-state index in [1.54, 1.807) is 13.0 Å². The maximum absolute atomic E-state index is 12.7. The number of esters is 1. The number of halogens is 2. The highest BCUT2D eigenvalue weighted by molar-refractivity contribution is 9.10. The van der Waals surface area contributed by atoms with Crippen molar-refractivity contribution in [1.82, 2.24) is 0 Å². The van der Waals surface area contributed by atoms with Gasteiger partial charge in [0, 0.05) is 9.50 Å². The lowest BCUT2D eigenvalue weighted by Crippen LogP contribution is -2.15. The number of rotatable bonds is 5. The average Bonchev–Trinajstić information content (AvgIpc) is 2.58. The number of phenolic OH excluding ortho intramolecular Hbond substituents is 2. The first kappa shape index (κ1) is 20.3. The fraction of sp³-hybridized carbons (Fsp3) is 0.188. The zero-order chi connectivity index (χ0) is 19.6. The normalized spacial score (nSPS) is 11.2. The Balaban J connectivity index is 2.57. The Morgan fingerprint density at radius 2 is 1.88 bits per heavy atom. The zero-order valence-corrected chi connectivity index (χ0v) is 16.9. The molecule has 0 aliphatic carbocycles. The summed E-state index contributed by atoms with van der Waals surface area (Å²) in [5, 5.41) is 20.4. The molecule has 0 radical (unpaired) electrons. The van der Waals surface area contributed by atoms with Gasteiger partial charge < -0.3 is 14.9 Å². The Hall–Kier alpha value is -1.97. The summed E-state index contributed by atoms with van der Waals surface area (Å²) < 4.78 is 32.5. The number of hydrogen-bond acceptors (Lipinski definition) is 6. The molecule has 0 saturated heterocycles. The van der Waals surface area contributed by atoms with Crippen molar-refractivity contribution in [3.05, 3.63) is 44.9 Å². The van der Waals surface area contributed by atoms with Crippen molar-refractivity contribution < 1.29 is 28.2 Å². The minimum atomic E-state index is -4.29. The standard InChI is InChI=1S/C16H15BrClNO6S/c1-3-8-4-9(17)5-13(14(8)20)26(23,24)19-12-7-10(18)6-11(15(12)21)16(22)25-2/h4-7,19-21H,3H2,1-2H3. The summed E-state index contributed by atoms with van der Waals surface area (Å²) in [5.41, 5.74) is -0.203. The number of carbonyl (C=O) groups excluding carboxylic acids is 1. The number of methoxy groups -OCH3 is 1. The average molecular weight is 465 g/mol. The monoisotopic (exact) mass is 463 g/mol. The SMILES string of the molecule is CCc1cc(Br)cc(S(=O)(=O)Nc2cc(Cl)cc(C(=O)OC)c2O)c1O. The van der Waals surface area contributed by atoms with Crippen molar-refractivity contribution in [2.75, 3.05) is 11.8 Å². The molecule has 0 fully saturated rings. The second kappa shape index (κ2) is 7.73. The third-order valence-electron chi connectivity index (χ3n) is 3.51. The number of hydrogen-bond donors (Lipinski definition) is 3. The molecule has 140 valence electrons. The minimum Gasteiger partial charge on any atom is -0.506 e. The highest BCUT2D eigenvalue weighted by Gasteiger charge is 2.25. The molecule has 0 aliphatic heterocycles. The highest BCUT2D eigenvalue weighted by Crippen LogP contribution is 2.36. The van der Waals surface area contributed by atoms with Gasteiger partial charge in [0.15, 0.2) is 5.75 Å². The Morgan fingerprint density at radius 3 is 2.46 bits per heavy atom. The summed E-state index contributed by atoms with van der Waals surface area (Å²) in [7, 11) is -3.18. The molecule has 26 heavy (non-hydrogen) atoms. The first-order valence-electron chi connectivity index (χ1n) is 7.25. The number of anilines is 1. The van der Waals surface area contributed by atoms with Gasteiger partial charge in [-0.05, 0) is 36.2 Å². The molecule has 0 atom stereocenters. The maximum atomic E-state index is 12.7. The van der Waals surface area contributed by atoms with Crippen LogP contribution in [0.2, 0.25) is 5.02 Å². The lowest BCUT2D eigenvalue weighted by Gasteiger charge is -2.15. The van der Waals surface area contributed by atoms with Crippen molar-refractivity contribution in [2.45, 2.75) is 18.2 Å². The van der Waals surface area contributed by atoms with Crippen LogP contribution in [0.15, 0.2) is 33.6 Å². The predicted octanol–water partition coefficient (Wildman–Crippen LogP) is 3.66. The van der Waals surface area contributed by atoms with Gasteiger partial charge in [-0.2, -0.15) is 0 Å². The fourth-order valence-electron chi connectivity index (χ4n) is 2.25. The number of sulfonamides is 1. The van der Waals surface area contributed by atoms with E-state index in [0.29, 0.717) is 16.5 Å². The van der Waals surface area contributed by atoms with Crippen molar-refractivity contribution in [2.24, 2.45) is 0 Å². The zero-order valence-electron chi connectivity index (χ0n) is 13.7. The summed E-state index contributed by atoms with van der Waals surface area (Å²) in [6.45, 7) is 1.76. The molecule has 0 amide bonds. The van der Waals surface area contributed by atoms with Gasteiger partial charge in [0.25, 0.3) is 10.0 Å². The molecule has 2 aromatic carbocycles. The third-order valence-corrected chi connectivity index (χ3v) is 5.57. The molecule has 0 aromatic heterocycles. The molecule has 2 aromatic rings. The van der Waals surface area contributed by atoms with Gasteiger partial charge in [-0.3, -0.25) is 4.72 Å². The Bertz CT molecular complexity index is 977. The number of ether oxygens (including phenoxy) is 1. The number of aromatic hydroxyl groups is 2. The first-order valence-corrected chi connectivity index (χ1v) is 9.91. The van der Waals surface area contributed by atoms with E-state index in [4.69, 9.17) is 11.6 Å². The molecule has 7 nitrogen and oxygen atoms in total. The second-order valence-electron chi connectivity index (χ2n) is 5.21. The van der Waals surface area contributed by atoms with Crippen LogP contribution in [0.3, 0.4) is 0 Å². The molecule has 10 heteroatoms. The van der Waals surface area contributed by atoms with Gasteiger partial charge in [-0.1, -0.05) is 34.5 Å². The molecule has 0 spiro atoms. The number of carbonyl (C=O) groups is 1. The molecule has 0 saturated carbocycles. The molecule has 2 rings (SSSR count). The van der Waals surface area contributed by atoms with E-state index in [2.05, 4.69) is 25.4 Å². The van der Waals surface area contributed by atoms with Crippen LogP contribution in [-0.4, -0.2) is 31.7 Å². The van der Waals surface area contributed by atoms with Crippen LogP contribution in [0.25, 0.3) is 0 Å². The minimum absolute atomic E-state index is 0.00797. The van der Waals surface area contributed by atoms with Crippen LogP contribution in [0, 0.1) is 0 Å². The van der Waals surface area contributed by atoms with Crippen molar-refractivity contribution in [3.63, 3.8) is 0 Å². The Kier molecular flexibility index (Phi) is 6.05. The van der Waals surface area contributed by atoms with Crippen LogP contribution in [0.5, 0.6) is 11.5 Å². The van der Waals surface area contributed by atoms with Crippen LogP contribution in [-0.2, 0) is 21.2 Å². The largest absolute Gasteiger partial charge is 0.506 e. The number of nitrogens with one attached hydrogen (secondary N) is 1. The summed E-state index contributed by atoms with van der Waals surface area (Å²) in [6, 6.07) is 5.10. The molecule has 0 unspecified atom stereocenters. The van der Waals surface area contributed by atoms with E-state index < -0.39 is 27.5 Å². The molecular formula is C16H15BrClNO6S. The molecule has 3 N–H and O–H groups in total. The summed E-state index contributed by atoms with van der Waals surface area (Å²) in [6.07, 6.45) is 0.405. The van der Waals surface area contributed by atoms with E-state index in [9.17, 15) is 23.4 Å². The predicted molar refractivity (Wildman–Crippen MR) is 100 cm³/mol. The van der Waals surface area contributed by atoms with E-state index in [0.717, 1.165) is 19.2 Å². The van der Waals surface area contributed by atoms with Gasteiger partial charge in [0.1, 0.15) is 16.2 Å². The molecular weight excluding hydrogens is 450 g/mol. The van der Waals surface area contributed by atoms with Crippen LogP contribution >= 0.6 is 27.5 Å². The molecule has 0 bridgehead atoms. The Labute approximate surface area is 163 Å². The van der Waals surface area contributed by atoms with Crippen LogP contribution in [0.1, 0.15) is 22.8 Å². The molecule has 0 aliphatic rings. The number of phenols is 2. The van der Waals surface area contributed by atoms with Crippen molar-refractivity contribution in [3.8, 4) is 11.5 Å². The van der Waals surface area contributed by atoms with E-state index >= 15 is 0 Å². The Morgan fingerprint density at radius 1 is 1.23 bits per heavy atom. The third kappa shape index (κ3) is 4.05. The molecule has 0 heterocycles. The lowest BCUT2D eigenvalue weighted by atomic mass is 10.1. The van der Waals surface area contributed by atoms with Crippen molar-refractivity contribution in [1.29, 1.82) is 0 Å². The summed E-state index contributed by atoms with van der Waals surface area (Å²) in [5.74, 6) is -1.93. The van der Waals surface area contributed by atoms with Crippen LogP contribution < -0.4 is 4.72 Å². The first-order chi connectivity index (χ1) is 12.1.